The summed E-state index contributed by atoms with van der Waals surface area (Å²) in [6.07, 6.45) is 1.71. The minimum absolute atomic E-state index is 0.492. The van der Waals surface area contributed by atoms with Gasteiger partial charge in [-0.2, -0.15) is 0 Å². The van der Waals surface area contributed by atoms with Crippen molar-refractivity contribution in [3.05, 3.63) is 29.0 Å². The number of aromatic nitrogens is 1. The monoisotopic (exact) mass is 212 g/mol. The number of pyridine rings is 1. The van der Waals surface area contributed by atoms with Crippen molar-refractivity contribution in [2.24, 2.45) is 5.92 Å². The molecule has 1 heterocycles. The second kappa shape index (κ2) is 5.32. The Labute approximate surface area is 90.7 Å². The van der Waals surface area contributed by atoms with Crippen molar-refractivity contribution in [1.82, 2.24) is 10.3 Å². The first-order valence-electron chi connectivity index (χ1n) is 4.94. The van der Waals surface area contributed by atoms with E-state index in [1.54, 1.807) is 6.20 Å². The molecule has 2 nitrogen and oxygen atoms in total. The number of nitrogens with zero attached hydrogens (tertiary/aromatic N) is 1. The molecule has 0 aliphatic heterocycles. The number of nitrogens with one attached hydrogen (secondary N) is 1. The Bertz CT molecular complexity index is 286. The molecule has 0 saturated carbocycles. The number of hydrogen-bond acceptors (Lipinski definition) is 2. The lowest BCUT2D eigenvalue weighted by molar-refractivity contribution is 0.426. The quantitative estimate of drug-likeness (QED) is 0.777. The second-order valence-corrected chi connectivity index (χ2v) is 4.22. The van der Waals surface area contributed by atoms with Crippen molar-refractivity contribution in [2.75, 3.05) is 0 Å². The third-order valence-corrected chi connectivity index (χ3v) is 2.79. The first-order valence-corrected chi connectivity index (χ1v) is 5.32. The van der Waals surface area contributed by atoms with E-state index in [1.165, 1.54) is 0 Å². The van der Waals surface area contributed by atoms with Crippen LogP contribution in [0.4, 0.5) is 0 Å². The summed E-state index contributed by atoms with van der Waals surface area (Å²) in [6.45, 7) is 7.35. The molecule has 1 rings (SSSR count). The zero-order valence-corrected chi connectivity index (χ0v) is 9.67. The van der Waals surface area contributed by atoms with E-state index in [1.807, 2.05) is 12.1 Å². The fourth-order valence-electron chi connectivity index (χ4n) is 1.06. The molecule has 0 amide bonds. The maximum atomic E-state index is 5.94. The van der Waals surface area contributed by atoms with Gasteiger partial charge in [-0.25, -0.2) is 4.98 Å². The van der Waals surface area contributed by atoms with Crippen molar-refractivity contribution < 1.29 is 0 Å². The summed E-state index contributed by atoms with van der Waals surface area (Å²) < 4.78 is 0. The summed E-state index contributed by atoms with van der Waals surface area (Å²) in [4.78, 5) is 4.03. The van der Waals surface area contributed by atoms with Gasteiger partial charge in [-0.05, 0) is 18.9 Å². The Kier molecular flexibility index (Phi) is 4.36. The van der Waals surface area contributed by atoms with Gasteiger partial charge in [-0.1, -0.05) is 31.5 Å². The van der Waals surface area contributed by atoms with Crippen LogP contribution in [0.15, 0.2) is 18.3 Å². The van der Waals surface area contributed by atoms with E-state index in [0.29, 0.717) is 17.1 Å². The van der Waals surface area contributed by atoms with Crippen LogP contribution in [0, 0.1) is 5.92 Å². The Morgan fingerprint density at radius 3 is 2.71 bits per heavy atom. The van der Waals surface area contributed by atoms with Gasteiger partial charge in [0, 0.05) is 24.3 Å². The molecule has 14 heavy (non-hydrogen) atoms. The van der Waals surface area contributed by atoms with E-state index in [2.05, 4.69) is 31.1 Å². The SMILES string of the molecule is CC(C)C(C)NCc1cccnc1Cl. The van der Waals surface area contributed by atoms with E-state index in [9.17, 15) is 0 Å². The van der Waals surface area contributed by atoms with Crippen molar-refractivity contribution in [3.63, 3.8) is 0 Å². The van der Waals surface area contributed by atoms with Crippen LogP contribution in [-0.2, 0) is 6.54 Å². The number of hydrogen-bond donors (Lipinski definition) is 1. The van der Waals surface area contributed by atoms with Crippen LogP contribution in [-0.4, -0.2) is 11.0 Å². The Morgan fingerprint density at radius 1 is 1.43 bits per heavy atom. The summed E-state index contributed by atoms with van der Waals surface area (Å²) in [5.74, 6) is 0.630. The first-order chi connectivity index (χ1) is 6.61. The molecule has 1 aromatic heterocycles. The maximum absolute atomic E-state index is 5.94. The van der Waals surface area contributed by atoms with Crippen LogP contribution in [0.3, 0.4) is 0 Å². The minimum atomic E-state index is 0.492. The van der Waals surface area contributed by atoms with E-state index >= 15 is 0 Å². The van der Waals surface area contributed by atoms with Gasteiger partial charge in [0.05, 0.1) is 0 Å². The molecular formula is C11H17ClN2. The van der Waals surface area contributed by atoms with Gasteiger partial charge in [0.1, 0.15) is 5.15 Å². The van der Waals surface area contributed by atoms with Crippen LogP contribution >= 0.6 is 11.6 Å². The average Bonchev–Trinajstić information content (AvgIpc) is 2.16. The summed E-state index contributed by atoms with van der Waals surface area (Å²) in [7, 11) is 0. The van der Waals surface area contributed by atoms with E-state index in [-0.39, 0.29) is 0 Å². The lowest BCUT2D eigenvalue weighted by atomic mass is 10.1. The van der Waals surface area contributed by atoms with Crippen LogP contribution in [0.2, 0.25) is 5.15 Å². The number of halogens is 1. The number of rotatable bonds is 4. The molecule has 1 atom stereocenters. The molecule has 0 bridgehead atoms. The zero-order valence-electron chi connectivity index (χ0n) is 8.92. The molecule has 3 heteroatoms. The molecule has 1 N–H and O–H groups in total. The molecule has 0 saturated heterocycles. The van der Waals surface area contributed by atoms with E-state index < -0.39 is 0 Å². The molecule has 0 radical (unpaired) electrons. The van der Waals surface area contributed by atoms with Gasteiger partial charge in [0.2, 0.25) is 0 Å². The molecule has 78 valence electrons. The Balaban J connectivity index is 2.50. The highest BCUT2D eigenvalue weighted by Gasteiger charge is 2.07. The summed E-state index contributed by atoms with van der Waals surface area (Å²) >= 11 is 5.94. The third kappa shape index (κ3) is 3.28. The third-order valence-electron chi connectivity index (χ3n) is 2.45. The van der Waals surface area contributed by atoms with Gasteiger partial charge >= 0.3 is 0 Å². The lowest BCUT2D eigenvalue weighted by Gasteiger charge is -2.17. The van der Waals surface area contributed by atoms with E-state index in [0.717, 1.165) is 12.1 Å². The van der Waals surface area contributed by atoms with Gasteiger partial charge in [-0.3, -0.25) is 0 Å². The van der Waals surface area contributed by atoms with Gasteiger partial charge in [0.25, 0.3) is 0 Å². The van der Waals surface area contributed by atoms with Crippen LogP contribution < -0.4 is 5.32 Å². The largest absolute Gasteiger partial charge is 0.310 e. The van der Waals surface area contributed by atoms with Gasteiger partial charge in [0.15, 0.2) is 0 Å². The lowest BCUT2D eigenvalue weighted by Crippen LogP contribution is -2.30. The fraction of sp³-hybridized carbons (Fsp3) is 0.545. The highest BCUT2D eigenvalue weighted by Crippen LogP contribution is 2.11. The van der Waals surface area contributed by atoms with Crippen molar-refractivity contribution in [3.8, 4) is 0 Å². The smallest absolute Gasteiger partial charge is 0.133 e. The standard InChI is InChI=1S/C11H17ClN2/c1-8(2)9(3)14-7-10-5-4-6-13-11(10)12/h4-6,8-9,14H,7H2,1-3H3. The molecule has 0 aromatic carbocycles. The Morgan fingerprint density at radius 2 is 2.14 bits per heavy atom. The van der Waals surface area contributed by atoms with E-state index in [4.69, 9.17) is 11.6 Å². The predicted molar refractivity (Wildman–Crippen MR) is 60.4 cm³/mol. The predicted octanol–water partition coefficient (Wildman–Crippen LogP) is 2.87. The molecule has 0 fully saturated rings. The first kappa shape index (κ1) is 11.5. The molecule has 1 aromatic rings. The molecule has 0 aliphatic carbocycles. The van der Waals surface area contributed by atoms with Crippen LogP contribution in [0.1, 0.15) is 26.3 Å². The molecule has 0 spiro atoms. The van der Waals surface area contributed by atoms with Crippen molar-refractivity contribution >= 4 is 11.6 Å². The highest BCUT2D eigenvalue weighted by molar-refractivity contribution is 6.30. The molecule has 0 aliphatic rings. The highest BCUT2D eigenvalue weighted by atomic mass is 35.5. The van der Waals surface area contributed by atoms with Crippen LogP contribution in [0.5, 0.6) is 0 Å². The van der Waals surface area contributed by atoms with Crippen LogP contribution in [0.25, 0.3) is 0 Å². The second-order valence-electron chi connectivity index (χ2n) is 3.87. The summed E-state index contributed by atoms with van der Waals surface area (Å²) in [6, 6.07) is 4.39. The normalized spacial score (nSPS) is 13.2. The average molecular weight is 213 g/mol. The van der Waals surface area contributed by atoms with Crippen molar-refractivity contribution in [1.29, 1.82) is 0 Å². The Hall–Kier alpha value is -0.600. The van der Waals surface area contributed by atoms with Crippen molar-refractivity contribution in [2.45, 2.75) is 33.4 Å². The topological polar surface area (TPSA) is 24.9 Å². The summed E-state index contributed by atoms with van der Waals surface area (Å²) in [5.41, 5.74) is 1.06. The maximum Gasteiger partial charge on any atom is 0.133 e. The van der Waals surface area contributed by atoms with Gasteiger partial charge in [-0.15, -0.1) is 0 Å². The fourth-order valence-corrected chi connectivity index (χ4v) is 1.24. The molecular weight excluding hydrogens is 196 g/mol. The summed E-state index contributed by atoms with van der Waals surface area (Å²) in [5, 5.41) is 4.01. The zero-order chi connectivity index (χ0) is 10.6. The van der Waals surface area contributed by atoms with Gasteiger partial charge < -0.3 is 5.32 Å². The minimum Gasteiger partial charge on any atom is -0.310 e. The molecule has 1 unspecified atom stereocenters.